The molecular weight excluding hydrogens is 245 g/mol. The van der Waals surface area contributed by atoms with Crippen LogP contribution in [0.2, 0.25) is 0 Å². The van der Waals surface area contributed by atoms with Crippen molar-refractivity contribution in [1.82, 2.24) is 0 Å². The summed E-state index contributed by atoms with van der Waals surface area (Å²) >= 11 is 0. The first kappa shape index (κ1) is 20.3. The van der Waals surface area contributed by atoms with Gasteiger partial charge in [-0.2, -0.15) is 26.3 Å². The van der Waals surface area contributed by atoms with Crippen molar-refractivity contribution in [2.45, 2.75) is 25.2 Å². The first-order valence-electron chi connectivity index (χ1n) is 2.58. The van der Waals surface area contributed by atoms with Crippen LogP contribution in [0.25, 0.3) is 0 Å². The summed E-state index contributed by atoms with van der Waals surface area (Å²) in [6.45, 7) is 0. The molecule has 0 aromatic heterocycles. The molecule has 0 nitrogen and oxygen atoms in total. The standard InChI is InChI=1S/2C2HF5.Li/c2*3-1(4)2(5,6)7;/h2*1H;. The fourth-order valence-electron chi connectivity index (χ4n) is 0. The van der Waals surface area contributed by atoms with Gasteiger partial charge in [-0.05, 0) is 0 Å². The molecule has 0 aliphatic carbocycles. The molecule has 0 spiro atoms. The molecule has 0 saturated carbocycles. The van der Waals surface area contributed by atoms with Crippen LogP contribution in [0, 0.1) is 0 Å². The first-order chi connectivity index (χ1) is 5.89. The summed E-state index contributed by atoms with van der Waals surface area (Å²) < 4.78 is 104. The van der Waals surface area contributed by atoms with Crippen LogP contribution >= 0.6 is 0 Å². The summed E-state index contributed by atoms with van der Waals surface area (Å²) in [5.74, 6) is 0. The summed E-state index contributed by atoms with van der Waals surface area (Å²) in [6.07, 6.45) is -19.1. The van der Waals surface area contributed by atoms with Gasteiger partial charge in [-0.3, -0.25) is 0 Å². The Kier molecular flexibility index (Phi) is 9.78. The Bertz CT molecular complexity index is 126. The minimum atomic E-state index is -5.33. The van der Waals surface area contributed by atoms with E-state index in [-0.39, 0.29) is 18.9 Å². The zero-order valence-electron chi connectivity index (χ0n) is 6.93. The third-order valence-electron chi connectivity index (χ3n) is 0.495. The third kappa shape index (κ3) is 13.9. The van der Waals surface area contributed by atoms with Gasteiger partial charge in [0.1, 0.15) is 0 Å². The van der Waals surface area contributed by atoms with Crippen LogP contribution in [0.15, 0.2) is 0 Å². The monoisotopic (exact) mass is 247 g/mol. The zero-order chi connectivity index (χ0) is 12.2. The molecule has 0 fully saturated rings. The van der Waals surface area contributed by atoms with Crippen molar-refractivity contribution >= 4 is 18.9 Å². The summed E-state index contributed by atoms with van der Waals surface area (Å²) in [6, 6.07) is 0. The van der Waals surface area contributed by atoms with E-state index < -0.39 is 25.2 Å². The molecule has 0 bridgehead atoms. The van der Waals surface area contributed by atoms with Crippen molar-refractivity contribution in [1.29, 1.82) is 0 Å². The molecule has 0 saturated heterocycles. The van der Waals surface area contributed by atoms with Crippen molar-refractivity contribution in [3.05, 3.63) is 0 Å². The van der Waals surface area contributed by atoms with Gasteiger partial charge in [0.15, 0.2) is 0 Å². The van der Waals surface area contributed by atoms with Gasteiger partial charge in [-0.25, -0.2) is 17.6 Å². The number of hydrogen-bond donors (Lipinski definition) is 0. The Hall–Kier alpha value is -0.103. The smallest absolute Gasteiger partial charge is 0.200 e. The Labute approximate surface area is 88.8 Å². The molecule has 0 aliphatic rings. The van der Waals surface area contributed by atoms with E-state index in [2.05, 4.69) is 0 Å². The molecule has 0 amide bonds. The van der Waals surface area contributed by atoms with Crippen LogP contribution in [-0.2, 0) is 0 Å². The van der Waals surface area contributed by atoms with Crippen LogP contribution in [0.1, 0.15) is 0 Å². The van der Waals surface area contributed by atoms with Gasteiger partial charge in [0.05, 0.1) is 0 Å². The molecule has 1 radical (unpaired) electrons. The average Bonchev–Trinajstić information content (AvgIpc) is 1.83. The maximum atomic E-state index is 10.4. The average molecular weight is 247 g/mol. The summed E-state index contributed by atoms with van der Waals surface area (Å²) in [7, 11) is 0. The van der Waals surface area contributed by atoms with Crippen LogP contribution < -0.4 is 0 Å². The van der Waals surface area contributed by atoms with E-state index in [1.54, 1.807) is 0 Å². The van der Waals surface area contributed by atoms with E-state index in [9.17, 15) is 43.9 Å². The Morgan fingerprint density at radius 3 is 0.600 bits per heavy atom. The topological polar surface area (TPSA) is 0 Å². The molecule has 0 N–H and O–H groups in total. The summed E-state index contributed by atoms with van der Waals surface area (Å²) in [4.78, 5) is 0. The molecule has 0 unspecified atom stereocenters. The molecule has 15 heavy (non-hydrogen) atoms. The van der Waals surface area contributed by atoms with Crippen molar-refractivity contribution in [2.75, 3.05) is 0 Å². The van der Waals surface area contributed by atoms with Crippen molar-refractivity contribution in [2.24, 2.45) is 0 Å². The van der Waals surface area contributed by atoms with Crippen LogP contribution in [-0.4, -0.2) is 44.1 Å². The van der Waals surface area contributed by atoms with Crippen molar-refractivity contribution < 1.29 is 43.9 Å². The Morgan fingerprint density at radius 2 is 0.600 bits per heavy atom. The van der Waals surface area contributed by atoms with E-state index in [0.29, 0.717) is 0 Å². The molecule has 0 aromatic rings. The van der Waals surface area contributed by atoms with Gasteiger partial charge in [-0.1, -0.05) is 0 Å². The Morgan fingerprint density at radius 1 is 0.533 bits per heavy atom. The SMILES string of the molecule is FC(F)C(F)(F)F.FC(F)C(F)(F)F.[Li]. The number of alkyl halides is 10. The van der Waals surface area contributed by atoms with Crippen molar-refractivity contribution in [3.8, 4) is 0 Å². The summed E-state index contributed by atoms with van der Waals surface area (Å²) in [5, 5.41) is 0. The normalized spacial score (nSPS) is 12.0. The van der Waals surface area contributed by atoms with E-state index in [0.717, 1.165) is 0 Å². The molecule has 0 heterocycles. The van der Waals surface area contributed by atoms with E-state index in [1.807, 2.05) is 0 Å². The Balaban J connectivity index is -0.000000180. The second kappa shape index (κ2) is 7.22. The number of halogens is 10. The minimum Gasteiger partial charge on any atom is -0.200 e. The fourth-order valence-corrected chi connectivity index (χ4v) is 0. The zero-order valence-corrected chi connectivity index (χ0v) is 6.93. The molecule has 0 atom stereocenters. The van der Waals surface area contributed by atoms with Gasteiger partial charge in [0.2, 0.25) is 0 Å². The van der Waals surface area contributed by atoms with Crippen LogP contribution in [0.3, 0.4) is 0 Å². The fraction of sp³-hybridized carbons (Fsp3) is 1.00. The van der Waals surface area contributed by atoms with Crippen LogP contribution in [0.5, 0.6) is 0 Å². The molecule has 89 valence electrons. The second-order valence-corrected chi connectivity index (χ2v) is 1.68. The maximum Gasteiger partial charge on any atom is 0.450 e. The third-order valence-corrected chi connectivity index (χ3v) is 0.495. The van der Waals surface area contributed by atoms with Gasteiger partial charge in [-0.15, -0.1) is 0 Å². The first-order valence-corrected chi connectivity index (χ1v) is 2.58. The predicted molar refractivity (Wildman–Crippen MR) is 29.9 cm³/mol. The quantitative estimate of drug-likeness (QED) is 0.455. The van der Waals surface area contributed by atoms with Gasteiger partial charge in [0, 0.05) is 18.9 Å². The molecule has 0 aromatic carbocycles. The largest absolute Gasteiger partial charge is 0.450 e. The second-order valence-electron chi connectivity index (χ2n) is 1.68. The molecule has 11 heteroatoms. The molecular formula is C4H2F10Li. The van der Waals surface area contributed by atoms with Gasteiger partial charge < -0.3 is 0 Å². The van der Waals surface area contributed by atoms with Crippen LogP contribution in [0.4, 0.5) is 43.9 Å². The predicted octanol–water partition coefficient (Wildman–Crippen LogP) is 3.25. The number of hydrogen-bond acceptors (Lipinski definition) is 0. The molecule has 0 aliphatic heterocycles. The molecule has 0 rings (SSSR count). The van der Waals surface area contributed by atoms with Crippen molar-refractivity contribution in [3.63, 3.8) is 0 Å². The minimum absolute atomic E-state index is 0. The van der Waals surface area contributed by atoms with E-state index in [1.165, 1.54) is 0 Å². The van der Waals surface area contributed by atoms with Gasteiger partial charge >= 0.3 is 25.2 Å². The number of rotatable bonds is 0. The van der Waals surface area contributed by atoms with E-state index >= 15 is 0 Å². The van der Waals surface area contributed by atoms with Gasteiger partial charge in [0.25, 0.3) is 0 Å². The maximum absolute atomic E-state index is 10.4. The van der Waals surface area contributed by atoms with E-state index in [4.69, 9.17) is 0 Å². The summed E-state index contributed by atoms with van der Waals surface area (Å²) in [5.41, 5.74) is 0.